The van der Waals surface area contributed by atoms with Crippen molar-refractivity contribution in [1.82, 2.24) is 5.16 Å². The lowest BCUT2D eigenvalue weighted by Gasteiger charge is -2.10. The van der Waals surface area contributed by atoms with Crippen LogP contribution in [0.3, 0.4) is 0 Å². The highest BCUT2D eigenvalue weighted by atomic mass is 16.6. The van der Waals surface area contributed by atoms with Gasteiger partial charge in [0.15, 0.2) is 13.2 Å². The Kier molecular flexibility index (Phi) is 6.10. The van der Waals surface area contributed by atoms with E-state index in [1.807, 2.05) is 0 Å². The van der Waals surface area contributed by atoms with Gasteiger partial charge in [0.25, 0.3) is 11.8 Å². The van der Waals surface area contributed by atoms with Gasteiger partial charge in [0, 0.05) is 6.07 Å². The number of esters is 2. The van der Waals surface area contributed by atoms with Gasteiger partial charge in [0.05, 0.1) is 18.4 Å². The zero-order valence-corrected chi connectivity index (χ0v) is 13.6. The highest BCUT2D eigenvalue weighted by molar-refractivity contribution is 6.01. The standard InChI is InChI=1S/C16H16N2O7/c1-10-7-14(18-25-10)23-9-15(20)24-8-13(19)17-12-6-4-3-5-11(12)16(21)22-2/h3-7H,8-9H2,1-2H3,(H,17,19). The van der Waals surface area contributed by atoms with Crippen molar-refractivity contribution < 1.29 is 33.1 Å². The number of aryl methyl sites for hydroxylation is 1. The number of amides is 1. The summed E-state index contributed by atoms with van der Waals surface area (Å²) in [6.07, 6.45) is 0. The van der Waals surface area contributed by atoms with Crippen LogP contribution < -0.4 is 10.1 Å². The molecule has 0 unspecified atom stereocenters. The highest BCUT2D eigenvalue weighted by Crippen LogP contribution is 2.16. The van der Waals surface area contributed by atoms with Crippen LogP contribution in [0.15, 0.2) is 34.9 Å². The minimum absolute atomic E-state index is 0.144. The molecule has 0 aliphatic heterocycles. The first kappa shape index (κ1) is 18.0. The molecule has 0 saturated heterocycles. The fourth-order valence-corrected chi connectivity index (χ4v) is 1.80. The van der Waals surface area contributed by atoms with Gasteiger partial charge in [-0.3, -0.25) is 4.79 Å². The molecule has 1 aromatic carbocycles. The van der Waals surface area contributed by atoms with Crippen molar-refractivity contribution in [1.29, 1.82) is 0 Å². The first-order valence-corrected chi connectivity index (χ1v) is 7.18. The van der Waals surface area contributed by atoms with Crippen LogP contribution in [0, 0.1) is 6.92 Å². The predicted molar refractivity (Wildman–Crippen MR) is 84.1 cm³/mol. The largest absolute Gasteiger partial charge is 0.465 e. The smallest absolute Gasteiger partial charge is 0.344 e. The third-order valence-electron chi connectivity index (χ3n) is 2.91. The number of anilines is 1. The van der Waals surface area contributed by atoms with E-state index in [0.717, 1.165) is 0 Å². The molecule has 0 bridgehead atoms. The lowest BCUT2D eigenvalue weighted by atomic mass is 10.2. The molecule has 9 nitrogen and oxygen atoms in total. The lowest BCUT2D eigenvalue weighted by molar-refractivity contribution is -0.149. The van der Waals surface area contributed by atoms with Crippen LogP contribution in [0.5, 0.6) is 5.88 Å². The summed E-state index contributed by atoms with van der Waals surface area (Å²) in [5.74, 6) is -1.28. The fraction of sp³-hybridized carbons (Fsp3) is 0.250. The minimum Gasteiger partial charge on any atom is -0.465 e. The average Bonchev–Trinajstić information content (AvgIpc) is 3.03. The van der Waals surface area contributed by atoms with Crippen molar-refractivity contribution in [2.45, 2.75) is 6.92 Å². The molecule has 2 rings (SSSR count). The van der Waals surface area contributed by atoms with Gasteiger partial charge in [-0.1, -0.05) is 12.1 Å². The Morgan fingerprint density at radius 2 is 1.96 bits per heavy atom. The van der Waals surface area contributed by atoms with Crippen LogP contribution in [-0.4, -0.2) is 43.3 Å². The fourth-order valence-electron chi connectivity index (χ4n) is 1.80. The number of rotatable bonds is 7. The molecule has 132 valence electrons. The molecular weight excluding hydrogens is 332 g/mol. The molecule has 1 amide bonds. The van der Waals surface area contributed by atoms with Gasteiger partial charge >= 0.3 is 11.9 Å². The molecule has 0 saturated carbocycles. The summed E-state index contributed by atoms with van der Waals surface area (Å²) in [5.41, 5.74) is 0.444. The average molecular weight is 348 g/mol. The zero-order valence-electron chi connectivity index (χ0n) is 13.6. The second-order valence-corrected chi connectivity index (χ2v) is 4.81. The normalized spacial score (nSPS) is 10.0. The van der Waals surface area contributed by atoms with Gasteiger partial charge in [-0.2, -0.15) is 0 Å². The number of aromatic nitrogens is 1. The topological polar surface area (TPSA) is 117 Å². The summed E-state index contributed by atoms with van der Waals surface area (Å²) in [7, 11) is 1.24. The second kappa shape index (κ2) is 8.48. The van der Waals surface area contributed by atoms with Crippen LogP contribution in [0.25, 0.3) is 0 Å². The Morgan fingerprint density at radius 1 is 1.20 bits per heavy atom. The monoisotopic (exact) mass is 348 g/mol. The van der Waals surface area contributed by atoms with E-state index in [-0.39, 0.29) is 17.1 Å². The summed E-state index contributed by atoms with van der Waals surface area (Å²) in [4.78, 5) is 35.0. The quantitative estimate of drug-likeness (QED) is 0.745. The predicted octanol–water partition coefficient (Wildman–Crippen LogP) is 1.33. The summed E-state index contributed by atoms with van der Waals surface area (Å²) in [6, 6.07) is 7.81. The van der Waals surface area contributed by atoms with E-state index in [0.29, 0.717) is 5.76 Å². The molecule has 1 N–H and O–H groups in total. The van der Waals surface area contributed by atoms with Crippen LogP contribution in [0.2, 0.25) is 0 Å². The SMILES string of the molecule is COC(=O)c1ccccc1NC(=O)COC(=O)COc1cc(C)on1. The summed E-state index contributed by atoms with van der Waals surface area (Å²) in [6.45, 7) is 0.724. The molecule has 1 aromatic heterocycles. The molecule has 0 spiro atoms. The number of carbonyl (C=O) groups is 3. The number of hydrogen-bond donors (Lipinski definition) is 1. The Bertz CT molecular complexity index is 769. The van der Waals surface area contributed by atoms with Crippen molar-refractivity contribution in [2.24, 2.45) is 0 Å². The third kappa shape index (κ3) is 5.34. The highest BCUT2D eigenvalue weighted by Gasteiger charge is 2.15. The molecule has 25 heavy (non-hydrogen) atoms. The molecule has 0 aliphatic carbocycles. The molecule has 0 fully saturated rings. The van der Waals surface area contributed by atoms with Crippen molar-refractivity contribution in [2.75, 3.05) is 25.6 Å². The number of benzene rings is 1. The van der Waals surface area contributed by atoms with E-state index in [2.05, 4.69) is 15.2 Å². The maximum absolute atomic E-state index is 11.8. The van der Waals surface area contributed by atoms with Gasteiger partial charge in [0.2, 0.25) is 0 Å². The van der Waals surface area contributed by atoms with Crippen molar-refractivity contribution in [3.05, 3.63) is 41.7 Å². The number of carbonyl (C=O) groups excluding carboxylic acids is 3. The Hall–Kier alpha value is -3.36. The molecule has 9 heteroatoms. The van der Waals surface area contributed by atoms with Crippen molar-refractivity contribution in [3.8, 4) is 5.88 Å². The van der Waals surface area contributed by atoms with E-state index >= 15 is 0 Å². The van der Waals surface area contributed by atoms with Gasteiger partial charge < -0.3 is 24.1 Å². The summed E-state index contributed by atoms with van der Waals surface area (Å²) >= 11 is 0. The van der Waals surface area contributed by atoms with Gasteiger partial charge in [-0.15, -0.1) is 0 Å². The number of para-hydroxylation sites is 1. The maximum Gasteiger partial charge on any atom is 0.344 e. The molecule has 0 radical (unpaired) electrons. The zero-order chi connectivity index (χ0) is 18.2. The first-order chi connectivity index (χ1) is 12.0. The van der Waals surface area contributed by atoms with Gasteiger partial charge in [-0.05, 0) is 24.2 Å². The van der Waals surface area contributed by atoms with Crippen LogP contribution >= 0.6 is 0 Å². The van der Waals surface area contributed by atoms with Crippen molar-refractivity contribution >= 4 is 23.5 Å². The maximum atomic E-state index is 11.8. The number of hydrogen-bond acceptors (Lipinski definition) is 8. The number of nitrogens with one attached hydrogen (secondary N) is 1. The van der Waals surface area contributed by atoms with E-state index in [4.69, 9.17) is 14.0 Å². The van der Waals surface area contributed by atoms with Crippen LogP contribution in [0.1, 0.15) is 16.1 Å². The molecule has 1 heterocycles. The molecule has 2 aromatic rings. The Labute approximate surface area is 142 Å². The summed E-state index contributed by atoms with van der Waals surface area (Å²) < 4.78 is 19.2. The Balaban J connectivity index is 1.80. The van der Waals surface area contributed by atoms with E-state index in [1.165, 1.54) is 25.3 Å². The first-order valence-electron chi connectivity index (χ1n) is 7.18. The van der Waals surface area contributed by atoms with Crippen LogP contribution in [0.4, 0.5) is 5.69 Å². The number of nitrogens with zero attached hydrogens (tertiary/aromatic N) is 1. The minimum atomic E-state index is -0.753. The van der Waals surface area contributed by atoms with E-state index < -0.39 is 31.1 Å². The molecule has 0 aliphatic rings. The Morgan fingerprint density at radius 3 is 2.64 bits per heavy atom. The number of methoxy groups -OCH3 is 1. The van der Waals surface area contributed by atoms with Gasteiger partial charge in [-0.25, -0.2) is 9.59 Å². The third-order valence-corrected chi connectivity index (χ3v) is 2.91. The van der Waals surface area contributed by atoms with Crippen LogP contribution in [-0.2, 0) is 19.1 Å². The van der Waals surface area contributed by atoms with E-state index in [9.17, 15) is 14.4 Å². The number of ether oxygens (including phenoxy) is 3. The lowest BCUT2D eigenvalue weighted by Crippen LogP contribution is -2.24. The van der Waals surface area contributed by atoms with E-state index in [1.54, 1.807) is 19.1 Å². The van der Waals surface area contributed by atoms with Gasteiger partial charge in [0.1, 0.15) is 5.76 Å². The molecule has 0 atom stereocenters. The summed E-state index contributed by atoms with van der Waals surface area (Å²) in [5, 5.41) is 6.02. The van der Waals surface area contributed by atoms with Crippen molar-refractivity contribution in [3.63, 3.8) is 0 Å². The molecular formula is C16H16N2O7. The second-order valence-electron chi connectivity index (χ2n) is 4.81.